The van der Waals surface area contributed by atoms with Gasteiger partial charge in [0.05, 0.1) is 23.2 Å². The predicted molar refractivity (Wildman–Crippen MR) is 86.7 cm³/mol. The zero-order valence-corrected chi connectivity index (χ0v) is 13.1. The van der Waals surface area contributed by atoms with E-state index in [0.717, 1.165) is 10.9 Å². The molecule has 1 unspecified atom stereocenters. The smallest absolute Gasteiger partial charge is 0.405 e. The van der Waals surface area contributed by atoms with Crippen molar-refractivity contribution in [2.24, 2.45) is 0 Å². The predicted octanol–water partition coefficient (Wildman–Crippen LogP) is 3.28. The van der Waals surface area contributed by atoms with Crippen molar-refractivity contribution in [1.29, 1.82) is 0 Å². The van der Waals surface area contributed by atoms with Gasteiger partial charge in [0.2, 0.25) is 0 Å². The van der Waals surface area contributed by atoms with E-state index < -0.39 is 12.1 Å². The molecule has 118 valence electrons. The Balaban J connectivity index is 2.45. The van der Waals surface area contributed by atoms with Crippen molar-refractivity contribution < 1.29 is 14.6 Å². The summed E-state index contributed by atoms with van der Waals surface area (Å²) in [5, 5.41) is 15.9. The lowest BCUT2D eigenvalue weighted by Crippen LogP contribution is -2.25. The first kappa shape index (κ1) is 16.3. The molecule has 22 heavy (non-hydrogen) atoms. The first-order chi connectivity index (χ1) is 10.5. The number of rotatable bonds is 6. The van der Waals surface area contributed by atoms with E-state index in [0.29, 0.717) is 29.5 Å². The van der Waals surface area contributed by atoms with Crippen LogP contribution in [0.25, 0.3) is 10.9 Å². The van der Waals surface area contributed by atoms with Gasteiger partial charge in [0.1, 0.15) is 5.82 Å². The van der Waals surface area contributed by atoms with Crippen molar-refractivity contribution in [2.75, 3.05) is 25.6 Å². The van der Waals surface area contributed by atoms with Crippen LogP contribution in [0.1, 0.15) is 18.5 Å². The van der Waals surface area contributed by atoms with Gasteiger partial charge in [-0.25, -0.2) is 9.78 Å². The molecule has 1 atom stereocenters. The Labute approximate surface area is 133 Å². The lowest BCUT2D eigenvalue weighted by atomic mass is 10.1. The minimum Gasteiger partial charge on any atom is -0.465 e. The SMILES string of the molecule is COCCNc1nc2c(Cl)cccc2cc1C(C)NC(=O)O. The molecule has 2 aromatic rings. The third kappa shape index (κ3) is 3.78. The number of halogens is 1. The first-order valence-corrected chi connectivity index (χ1v) is 7.22. The maximum Gasteiger partial charge on any atom is 0.405 e. The number of nitrogens with one attached hydrogen (secondary N) is 2. The lowest BCUT2D eigenvalue weighted by Gasteiger charge is -2.18. The van der Waals surface area contributed by atoms with E-state index in [1.165, 1.54) is 0 Å². The van der Waals surface area contributed by atoms with E-state index >= 15 is 0 Å². The molecule has 1 aromatic heterocycles. The number of aromatic nitrogens is 1. The molecule has 0 spiro atoms. The Kier molecular flexibility index (Phi) is 5.41. The van der Waals surface area contributed by atoms with Crippen LogP contribution in [0.4, 0.5) is 10.6 Å². The summed E-state index contributed by atoms with van der Waals surface area (Å²) in [6.45, 7) is 2.84. The normalized spacial score (nSPS) is 12.1. The number of hydrogen-bond donors (Lipinski definition) is 3. The van der Waals surface area contributed by atoms with Gasteiger partial charge in [0.15, 0.2) is 0 Å². The van der Waals surface area contributed by atoms with Crippen molar-refractivity contribution >= 4 is 34.4 Å². The average molecular weight is 324 g/mol. The van der Waals surface area contributed by atoms with Crippen LogP contribution in [0.5, 0.6) is 0 Å². The van der Waals surface area contributed by atoms with E-state index in [2.05, 4.69) is 15.6 Å². The molecule has 0 radical (unpaired) electrons. The highest BCUT2D eigenvalue weighted by atomic mass is 35.5. The number of ether oxygens (including phenoxy) is 1. The number of pyridine rings is 1. The summed E-state index contributed by atoms with van der Waals surface area (Å²) in [6.07, 6.45) is -1.08. The molecule has 6 nitrogen and oxygen atoms in total. The Morgan fingerprint density at radius 1 is 1.50 bits per heavy atom. The standard InChI is InChI=1S/C15H18ClN3O3/c1-9(18-15(20)21)11-8-10-4-3-5-12(16)13(10)19-14(11)17-6-7-22-2/h3-5,8-9,18H,6-7H2,1-2H3,(H,17,19)(H,20,21). The summed E-state index contributed by atoms with van der Waals surface area (Å²) in [7, 11) is 1.61. The molecular formula is C15H18ClN3O3. The maximum absolute atomic E-state index is 10.9. The molecular weight excluding hydrogens is 306 g/mol. The van der Waals surface area contributed by atoms with Gasteiger partial charge >= 0.3 is 6.09 Å². The third-order valence-electron chi connectivity index (χ3n) is 3.23. The van der Waals surface area contributed by atoms with Crippen LogP contribution in [0.3, 0.4) is 0 Å². The van der Waals surface area contributed by atoms with E-state index in [1.54, 1.807) is 20.1 Å². The van der Waals surface area contributed by atoms with Crippen LogP contribution >= 0.6 is 11.6 Å². The summed E-state index contributed by atoms with van der Waals surface area (Å²) in [6, 6.07) is 6.99. The topological polar surface area (TPSA) is 83.5 Å². The Morgan fingerprint density at radius 2 is 2.27 bits per heavy atom. The van der Waals surface area contributed by atoms with Crippen LogP contribution < -0.4 is 10.6 Å². The zero-order valence-electron chi connectivity index (χ0n) is 12.4. The largest absolute Gasteiger partial charge is 0.465 e. The van der Waals surface area contributed by atoms with Gasteiger partial charge in [0, 0.05) is 24.6 Å². The number of anilines is 1. The number of benzene rings is 1. The average Bonchev–Trinajstić information content (AvgIpc) is 2.47. The molecule has 0 aliphatic rings. The quantitative estimate of drug-likeness (QED) is 0.711. The molecule has 3 N–H and O–H groups in total. The Bertz CT molecular complexity index is 678. The number of nitrogens with zero attached hydrogens (tertiary/aromatic N) is 1. The summed E-state index contributed by atoms with van der Waals surface area (Å²) < 4.78 is 5.01. The monoisotopic (exact) mass is 323 g/mol. The molecule has 2 rings (SSSR count). The van der Waals surface area contributed by atoms with Gasteiger partial charge < -0.3 is 20.5 Å². The summed E-state index contributed by atoms with van der Waals surface area (Å²) >= 11 is 6.18. The number of amides is 1. The van der Waals surface area contributed by atoms with Crippen molar-refractivity contribution in [3.05, 3.63) is 34.9 Å². The van der Waals surface area contributed by atoms with E-state index in [4.69, 9.17) is 21.4 Å². The second-order valence-electron chi connectivity index (χ2n) is 4.83. The first-order valence-electron chi connectivity index (χ1n) is 6.84. The Hall–Kier alpha value is -2.05. The number of carboxylic acid groups (broad SMARTS) is 1. The van der Waals surface area contributed by atoms with E-state index in [1.807, 2.05) is 18.2 Å². The van der Waals surface area contributed by atoms with Gasteiger partial charge in [-0.3, -0.25) is 0 Å². The van der Waals surface area contributed by atoms with E-state index in [9.17, 15) is 4.79 Å². The lowest BCUT2D eigenvalue weighted by molar-refractivity contribution is 0.191. The summed E-state index contributed by atoms with van der Waals surface area (Å²) in [5.74, 6) is 0.596. The van der Waals surface area contributed by atoms with Gasteiger partial charge in [-0.1, -0.05) is 23.7 Å². The number of fused-ring (bicyclic) bond motifs is 1. The van der Waals surface area contributed by atoms with Gasteiger partial charge in [-0.05, 0) is 19.1 Å². The van der Waals surface area contributed by atoms with Crippen LogP contribution in [0, 0.1) is 0 Å². The minimum atomic E-state index is -1.08. The van der Waals surface area contributed by atoms with Crippen LogP contribution in [0.2, 0.25) is 5.02 Å². The number of carbonyl (C=O) groups is 1. The molecule has 0 aliphatic heterocycles. The van der Waals surface area contributed by atoms with Crippen molar-refractivity contribution in [3.63, 3.8) is 0 Å². The van der Waals surface area contributed by atoms with Crippen molar-refractivity contribution in [1.82, 2.24) is 10.3 Å². The number of methoxy groups -OCH3 is 1. The highest BCUT2D eigenvalue weighted by Gasteiger charge is 2.16. The van der Waals surface area contributed by atoms with Crippen LogP contribution in [-0.2, 0) is 4.74 Å². The molecule has 0 aliphatic carbocycles. The molecule has 1 amide bonds. The molecule has 1 heterocycles. The Morgan fingerprint density at radius 3 is 2.95 bits per heavy atom. The highest BCUT2D eigenvalue weighted by Crippen LogP contribution is 2.29. The number of para-hydroxylation sites is 1. The molecule has 0 saturated heterocycles. The fourth-order valence-electron chi connectivity index (χ4n) is 2.18. The molecule has 7 heteroatoms. The maximum atomic E-state index is 10.9. The van der Waals surface area contributed by atoms with Gasteiger partial charge in [-0.15, -0.1) is 0 Å². The van der Waals surface area contributed by atoms with E-state index in [-0.39, 0.29) is 0 Å². The fourth-order valence-corrected chi connectivity index (χ4v) is 2.41. The third-order valence-corrected chi connectivity index (χ3v) is 3.54. The highest BCUT2D eigenvalue weighted by molar-refractivity contribution is 6.35. The molecule has 1 aromatic carbocycles. The summed E-state index contributed by atoms with van der Waals surface area (Å²) in [5.41, 5.74) is 1.43. The van der Waals surface area contributed by atoms with Gasteiger partial charge in [0.25, 0.3) is 0 Å². The van der Waals surface area contributed by atoms with Gasteiger partial charge in [-0.2, -0.15) is 0 Å². The van der Waals surface area contributed by atoms with Crippen molar-refractivity contribution in [2.45, 2.75) is 13.0 Å². The fraction of sp³-hybridized carbons (Fsp3) is 0.333. The number of hydrogen-bond acceptors (Lipinski definition) is 4. The molecule has 0 bridgehead atoms. The second-order valence-corrected chi connectivity index (χ2v) is 5.24. The molecule has 0 saturated carbocycles. The zero-order chi connectivity index (χ0) is 16.1. The summed E-state index contributed by atoms with van der Waals surface area (Å²) in [4.78, 5) is 15.4. The second kappa shape index (κ2) is 7.29. The van der Waals surface area contributed by atoms with Crippen molar-refractivity contribution in [3.8, 4) is 0 Å². The minimum absolute atomic E-state index is 0.404. The van der Waals surface area contributed by atoms with Crippen LogP contribution in [-0.4, -0.2) is 36.4 Å². The van der Waals surface area contributed by atoms with Crippen LogP contribution in [0.15, 0.2) is 24.3 Å². The molecule has 0 fully saturated rings.